The zero-order chi connectivity index (χ0) is 25.3. The van der Waals surface area contributed by atoms with Gasteiger partial charge in [0.2, 0.25) is 0 Å². The van der Waals surface area contributed by atoms with E-state index in [9.17, 15) is 14.4 Å². The van der Waals surface area contributed by atoms with Crippen molar-refractivity contribution in [1.29, 1.82) is 0 Å². The number of hydrogen-bond acceptors (Lipinski definition) is 7. The molecule has 2 N–H and O–H groups in total. The number of rotatable bonds is 5. The fourth-order valence-electron chi connectivity index (χ4n) is 3.86. The average molecular weight is 531 g/mol. The minimum atomic E-state index is -0.930. The van der Waals surface area contributed by atoms with Crippen LogP contribution in [-0.2, 0) is 19.1 Å². The lowest BCUT2D eigenvalue weighted by atomic mass is 9.83. The Morgan fingerprint density at radius 2 is 1.63 bits per heavy atom. The summed E-state index contributed by atoms with van der Waals surface area (Å²) in [5.41, 5.74) is 7.31. The van der Waals surface area contributed by atoms with E-state index in [4.69, 9.17) is 38.4 Å². The summed E-state index contributed by atoms with van der Waals surface area (Å²) in [5.74, 6) is -2.48. The monoisotopic (exact) mass is 530 g/mol. The molecular formula is C25H20Cl2N2O5S. The second-order valence-corrected chi connectivity index (χ2v) is 9.42. The normalized spacial score (nSPS) is 15.7. The van der Waals surface area contributed by atoms with Crippen LogP contribution >= 0.6 is 34.5 Å². The Balaban J connectivity index is 2.11. The van der Waals surface area contributed by atoms with Crippen molar-refractivity contribution in [3.8, 4) is 0 Å². The van der Waals surface area contributed by atoms with Crippen LogP contribution in [0.1, 0.15) is 24.0 Å². The molecular weight excluding hydrogens is 511 g/mol. The number of carbonyl (C=O) groups is 2. The first-order valence-corrected chi connectivity index (χ1v) is 12.1. The third-order valence-corrected chi connectivity index (χ3v) is 7.03. The lowest BCUT2D eigenvalue weighted by Gasteiger charge is -2.26. The molecule has 0 spiro atoms. The Hall–Kier alpha value is -3.33. The highest BCUT2D eigenvalue weighted by molar-refractivity contribution is 7.07. The highest BCUT2D eigenvalue weighted by Crippen LogP contribution is 2.38. The molecule has 0 radical (unpaired) electrons. The molecule has 180 valence electrons. The smallest absolute Gasteiger partial charge is 0.338 e. The van der Waals surface area contributed by atoms with E-state index in [1.807, 2.05) is 0 Å². The maximum Gasteiger partial charge on any atom is 0.338 e. The van der Waals surface area contributed by atoms with E-state index in [1.54, 1.807) is 61.5 Å². The fraction of sp³-hybridized carbons (Fsp3) is 0.160. The number of carbonyl (C=O) groups excluding carboxylic acids is 2. The molecule has 0 aliphatic carbocycles. The van der Waals surface area contributed by atoms with Gasteiger partial charge in [-0.25, -0.2) is 9.59 Å². The SMILES string of the molecule is CCOC(=O)C1=c2s/c(=C/c3ccc(Cl)cc3)c(=O)n2C(N)=C(C(=O)OC)[C@H]1c1ccc(Cl)cc1. The van der Waals surface area contributed by atoms with Gasteiger partial charge in [0.1, 0.15) is 10.5 Å². The third-order valence-electron chi connectivity index (χ3n) is 5.42. The molecule has 1 aliphatic heterocycles. The first-order chi connectivity index (χ1) is 16.8. The first kappa shape index (κ1) is 24.8. The summed E-state index contributed by atoms with van der Waals surface area (Å²) >= 11 is 13.1. The number of hydrogen-bond donors (Lipinski definition) is 1. The number of benzene rings is 2. The predicted molar refractivity (Wildman–Crippen MR) is 137 cm³/mol. The fourth-order valence-corrected chi connectivity index (χ4v) is 5.28. The molecule has 4 rings (SSSR count). The van der Waals surface area contributed by atoms with E-state index in [2.05, 4.69) is 0 Å². The van der Waals surface area contributed by atoms with E-state index in [0.717, 1.165) is 21.5 Å². The van der Waals surface area contributed by atoms with Crippen molar-refractivity contribution in [3.63, 3.8) is 0 Å². The molecule has 0 amide bonds. The van der Waals surface area contributed by atoms with E-state index < -0.39 is 23.4 Å². The number of fused-ring (bicyclic) bond motifs is 1. The molecule has 7 nitrogen and oxygen atoms in total. The molecule has 0 saturated heterocycles. The molecule has 2 aromatic carbocycles. The Labute approximate surface area is 214 Å². The van der Waals surface area contributed by atoms with Gasteiger partial charge in [-0.15, -0.1) is 11.3 Å². The maximum atomic E-state index is 13.4. The van der Waals surface area contributed by atoms with Crippen LogP contribution in [0.2, 0.25) is 10.0 Å². The van der Waals surface area contributed by atoms with Gasteiger partial charge in [-0.2, -0.15) is 0 Å². The summed E-state index contributed by atoms with van der Waals surface area (Å²) < 4.78 is 12.1. The number of esters is 2. The van der Waals surface area contributed by atoms with E-state index in [0.29, 0.717) is 20.1 Å². The van der Waals surface area contributed by atoms with Gasteiger partial charge in [-0.3, -0.25) is 9.36 Å². The lowest BCUT2D eigenvalue weighted by molar-refractivity contribution is -0.136. The van der Waals surface area contributed by atoms with Gasteiger partial charge in [-0.1, -0.05) is 47.5 Å². The van der Waals surface area contributed by atoms with Gasteiger partial charge < -0.3 is 15.2 Å². The summed E-state index contributed by atoms with van der Waals surface area (Å²) in [6.45, 7) is 1.77. The molecule has 0 unspecified atom stereocenters. The second-order valence-electron chi connectivity index (χ2n) is 7.52. The van der Waals surface area contributed by atoms with Crippen molar-refractivity contribution >= 4 is 63.9 Å². The van der Waals surface area contributed by atoms with Gasteiger partial charge in [0, 0.05) is 10.0 Å². The number of aromatic nitrogens is 1. The lowest BCUT2D eigenvalue weighted by Crippen LogP contribution is -2.41. The van der Waals surface area contributed by atoms with Crippen LogP contribution in [-0.4, -0.2) is 30.2 Å². The molecule has 2 heterocycles. The predicted octanol–water partition coefficient (Wildman–Crippen LogP) is 2.86. The zero-order valence-electron chi connectivity index (χ0n) is 18.7. The summed E-state index contributed by atoms with van der Waals surface area (Å²) in [4.78, 5) is 39.6. The molecule has 10 heteroatoms. The standard InChI is InChI=1S/C25H20Cl2N2O5S/c1-3-34-25(32)20-18(14-6-10-16(27)11-7-14)19(24(31)33-2)21(28)29-22(30)17(35-23(20)29)12-13-4-8-15(26)9-5-13/h4-12,18H,3,28H2,1-2H3/b17-12+/t18-/m1/s1. The number of ether oxygens (including phenoxy) is 2. The van der Waals surface area contributed by atoms with Crippen LogP contribution in [0.3, 0.4) is 0 Å². The number of nitrogens with zero attached hydrogens (tertiary/aromatic N) is 1. The first-order valence-electron chi connectivity index (χ1n) is 10.5. The minimum Gasteiger partial charge on any atom is -0.466 e. The van der Waals surface area contributed by atoms with Crippen LogP contribution in [0.25, 0.3) is 17.5 Å². The molecule has 35 heavy (non-hydrogen) atoms. The van der Waals surface area contributed by atoms with Crippen LogP contribution in [0, 0.1) is 0 Å². The molecule has 1 aliphatic rings. The molecule has 0 fully saturated rings. The van der Waals surface area contributed by atoms with Gasteiger partial charge in [-0.05, 0) is 48.4 Å². The number of nitrogens with two attached hydrogens (primary N) is 1. The minimum absolute atomic E-state index is 0.0386. The van der Waals surface area contributed by atoms with Crippen molar-refractivity contribution in [1.82, 2.24) is 4.57 Å². The van der Waals surface area contributed by atoms with Crippen LogP contribution in [0.4, 0.5) is 0 Å². The van der Waals surface area contributed by atoms with Crippen LogP contribution in [0.5, 0.6) is 0 Å². The number of thiazole rings is 1. The van der Waals surface area contributed by atoms with Gasteiger partial charge in [0.25, 0.3) is 5.56 Å². The van der Waals surface area contributed by atoms with Crippen molar-refractivity contribution in [3.05, 3.63) is 94.8 Å². The van der Waals surface area contributed by atoms with Gasteiger partial charge >= 0.3 is 11.9 Å². The quantitative estimate of drug-likeness (QED) is 0.509. The summed E-state index contributed by atoms with van der Waals surface area (Å²) in [5, 5.41) is 1.04. The summed E-state index contributed by atoms with van der Waals surface area (Å²) in [6, 6.07) is 13.6. The Bertz CT molecular complexity index is 1520. The number of halogens is 2. The van der Waals surface area contributed by atoms with Crippen molar-refractivity contribution in [2.45, 2.75) is 12.8 Å². The molecule has 1 aromatic heterocycles. The van der Waals surface area contributed by atoms with E-state index in [1.165, 1.54) is 7.11 Å². The van der Waals surface area contributed by atoms with Crippen molar-refractivity contribution in [2.24, 2.45) is 5.73 Å². The zero-order valence-corrected chi connectivity index (χ0v) is 21.0. The Morgan fingerprint density at radius 3 is 2.20 bits per heavy atom. The Morgan fingerprint density at radius 1 is 1.03 bits per heavy atom. The second kappa shape index (κ2) is 10.1. The van der Waals surface area contributed by atoms with Crippen molar-refractivity contribution in [2.75, 3.05) is 13.7 Å². The van der Waals surface area contributed by atoms with Crippen molar-refractivity contribution < 1.29 is 19.1 Å². The molecule has 0 saturated carbocycles. The summed E-state index contributed by atoms with van der Waals surface area (Å²) in [6.07, 6.45) is 1.67. The average Bonchev–Trinajstić information content (AvgIpc) is 3.16. The highest BCUT2D eigenvalue weighted by atomic mass is 35.5. The van der Waals surface area contributed by atoms with Gasteiger partial charge in [0.15, 0.2) is 0 Å². The van der Waals surface area contributed by atoms with E-state index in [-0.39, 0.29) is 28.2 Å². The molecule has 1 atom stereocenters. The molecule has 3 aromatic rings. The molecule has 0 bridgehead atoms. The summed E-state index contributed by atoms with van der Waals surface area (Å²) in [7, 11) is 1.21. The Kier molecular flexibility index (Phi) is 7.16. The topological polar surface area (TPSA) is 101 Å². The maximum absolute atomic E-state index is 13.4. The van der Waals surface area contributed by atoms with Gasteiger partial charge in [0.05, 0.1) is 35.3 Å². The van der Waals surface area contributed by atoms with Crippen LogP contribution < -0.4 is 20.5 Å². The number of methoxy groups -OCH3 is 1. The third kappa shape index (κ3) is 4.65. The van der Waals surface area contributed by atoms with Crippen LogP contribution in [0.15, 0.2) is 58.9 Å². The highest BCUT2D eigenvalue weighted by Gasteiger charge is 2.39. The van der Waals surface area contributed by atoms with E-state index >= 15 is 0 Å². The largest absolute Gasteiger partial charge is 0.466 e.